The van der Waals surface area contributed by atoms with E-state index in [4.69, 9.17) is 4.98 Å². The number of pyridine rings is 3. The highest BCUT2D eigenvalue weighted by atomic mass is 32.1. The topological polar surface area (TPSA) is 125 Å². The summed E-state index contributed by atoms with van der Waals surface area (Å²) in [6.07, 6.45) is 6.89. The molecule has 6 aromatic heterocycles. The van der Waals surface area contributed by atoms with E-state index in [0.717, 1.165) is 32.5 Å². The highest BCUT2D eigenvalue weighted by molar-refractivity contribution is 7.15. The van der Waals surface area contributed by atoms with Crippen molar-refractivity contribution in [2.45, 2.75) is 6.92 Å². The Morgan fingerprint density at radius 3 is 2.64 bits per heavy atom. The first-order chi connectivity index (χ1) is 19.1. The van der Waals surface area contributed by atoms with Gasteiger partial charge in [-0.05, 0) is 49.4 Å². The molecule has 6 heterocycles. The van der Waals surface area contributed by atoms with Gasteiger partial charge in [0.15, 0.2) is 17.1 Å². The first-order valence-electron chi connectivity index (χ1n) is 12.2. The molecular weight excluding hydrogens is 508 g/mol. The zero-order chi connectivity index (χ0) is 26.3. The van der Waals surface area contributed by atoms with Crippen LogP contribution in [0.1, 0.15) is 15.2 Å². The van der Waals surface area contributed by atoms with Gasteiger partial charge in [0.1, 0.15) is 11.2 Å². The number of aromatic amines is 2. The second kappa shape index (κ2) is 9.26. The van der Waals surface area contributed by atoms with Crippen molar-refractivity contribution in [2.75, 3.05) is 5.32 Å². The summed E-state index contributed by atoms with van der Waals surface area (Å²) in [6, 6.07) is 19.1. The highest BCUT2D eigenvalue weighted by Gasteiger charge is 2.18. The Morgan fingerprint density at radius 2 is 1.79 bits per heavy atom. The number of imidazole rings is 1. The minimum Gasteiger partial charge on any atom is -0.321 e. The number of amides is 1. The fourth-order valence-electron chi connectivity index (χ4n) is 4.50. The van der Waals surface area contributed by atoms with E-state index >= 15 is 0 Å². The number of nitrogens with one attached hydrogen (secondary N) is 3. The third kappa shape index (κ3) is 4.22. The van der Waals surface area contributed by atoms with Crippen LogP contribution < -0.4 is 5.32 Å². The van der Waals surface area contributed by atoms with Crippen molar-refractivity contribution in [3.63, 3.8) is 0 Å². The maximum absolute atomic E-state index is 12.6. The van der Waals surface area contributed by atoms with Crippen molar-refractivity contribution < 1.29 is 4.79 Å². The summed E-state index contributed by atoms with van der Waals surface area (Å²) in [6.45, 7) is 2.09. The zero-order valence-corrected chi connectivity index (χ0v) is 21.5. The standard InChI is InChI=1S/C29H20N8OS/c1-16-7-8-23(39-16)21-9-10-31-27-24(21)34-28(35-27)25-22-12-19(14-32-26(22)37-36-25)18-11-20(15-30-13-18)33-29(38)17-5-3-2-4-6-17/h2-15H,1H3,(H,33,38)(H,31,34,35)(H,32,36,37). The molecule has 7 aromatic rings. The average molecular weight is 529 g/mol. The quantitative estimate of drug-likeness (QED) is 0.243. The number of thiophene rings is 1. The molecular formula is C29H20N8OS. The number of rotatable bonds is 5. The van der Waals surface area contributed by atoms with E-state index in [1.165, 1.54) is 4.88 Å². The first kappa shape index (κ1) is 22.9. The SMILES string of the molecule is Cc1ccc(-c2ccnc3[nH]c(-c4n[nH]c5ncc(-c6cncc(NC(=O)c7ccccc7)c6)cc45)nc23)s1. The van der Waals surface area contributed by atoms with Crippen LogP contribution in [0.25, 0.3) is 55.3 Å². The minimum absolute atomic E-state index is 0.198. The van der Waals surface area contributed by atoms with Gasteiger partial charge in [0, 0.05) is 50.6 Å². The molecule has 0 saturated carbocycles. The third-order valence-corrected chi connectivity index (χ3v) is 7.43. The fraction of sp³-hybridized carbons (Fsp3) is 0.0345. The number of fused-ring (bicyclic) bond motifs is 2. The summed E-state index contributed by atoms with van der Waals surface area (Å²) in [5.41, 5.74) is 6.60. The van der Waals surface area contributed by atoms with Gasteiger partial charge >= 0.3 is 0 Å². The minimum atomic E-state index is -0.198. The molecule has 0 aliphatic heterocycles. The normalized spacial score (nSPS) is 11.3. The van der Waals surface area contributed by atoms with Crippen molar-refractivity contribution >= 4 is 45.1 Å². The number of carbonyl (C=O) groups excluding carboxylic acids is 1. The second-order valence-corrected chi connectivity index (χ2v) is 10.3. The Kier molecular flexibility index (Phi) is 5.45. The molecule has 0 atom stereocenters. The fourth-order valence-corrected chi connectivity index (χ4v) is 5.40. The number of hydrogen-bond donors (Lipinski definition) is 3. The van der Waals surface area contributed by atoms with Crippen LogP contribution in [0, 0.1) is 6.92 Å². The highest BCUT2D eigenvalue weighted by Crippen LogP contribution is 2.34. The van der Waals surface area contributed by atoms with Crippen molar-refractivity contribution in [3.8, 4) is 33.1 Å². The molecule has 1 aromatic carbocycles. The molecule has 10 heteroatoms. The van der Waals surface area contributed by atoms with Crippen LogP contribution in [0.4, 0.5) is 5.69 Å². The number of aromatic nitrogens is 7. The van der Waals surface area contributed by atoms with Crippen LogP contribution in [0.2, 0.25) is 0 Å². The molecule has 0 aliphatic rings. The predicted octanol–water partition coefficient (Wildman–Crippen LogP) is 6.25. The summed E-state index contributed by atoms with van der Waals surface area (Å²) < 4.78 is 0. The molecule has 0 fully saturated rings. The molecule has 39 heavy (non-hydrogen) atoms. The molecule has 188 valence electrons. The number of hydrogen-bond acceptors (Lipinski definition) is 7. The number of anilines is 1. The molecule has 1 amide bonds. The monoisotopic (exact) mass is 528 g/mol. The van der Waals surface area contributed by atoms with Crippen LogP contribution in [-0.2, 0) is 0 Å². The molecule has 0 saturated heterocycles. The summed E-state index contributed by atoms with van der Waals surface area (Å²) in [5.74, 6) is 0.404. The molecule has 3 N–H and O–H groups in total. The van der Waals surface area contributed by atoms with Crippen molar-refractivity contribution in [3.05, 3.63) is 95.9 Å². The van der Waals surface area contributed by atoms with E-state index in [-0.39, 0.29) is 5.91 Å². The molecule has 0 bridgehead atoms. The summed E-state index contributed by atoms with van der Waals surface area (Å²) in [7, 11) is 0. The Hall–Kier alpha value is -5.22. The van der Waals surface area contributed by atoms with E-state index < -0.39 is 0 Å². The van der Waals surface area contributed by atoms with Crippen molar-refractivity contribution in [2.24, 2.45) is 0 Å². The molecule has 0 aliphatic carbocycles. The smallest absolute Gasteiger partial charge is 0.255 e. The van der Waals surface area contributed by atoms with E-state index in [9.17, 15) is 4.79 Å². The largest absolute Gasteiger partial charge is 0.321 e. The van der Waals surface area contributed by atoms with Crippen LogP contribution in [0.3, 0.4) is 0 Å². The predicted molar refractivity (Wildman–Crippen MR) is 152 cm³/mol. The Bertz CT molecular complexity index is 1990. The maximum atomic E-state index is 12.6. The number of H-pyrrole nitrogens is 2. The third-order valence-electron chi connectivity index (χ3n) is 6.40. The summed E-state index contributed by atoms with van der Waals surface area (Å²) >= 11 is 1.72. The lowest BCUT2D eigenvalue weighted by atomic mass is 10.1. The van der Waals surface area contributed by atoms with E-state index in [0.29, 0.717) is 34.1 Å². The summed E-state index contributed by atoms with van der Waals surface area (Å²) in [4.78, 5) is 36.6. The Morgan fingerprint density at radius 1 is 0.923 bits per heavy atom. The number of aryl methyl sites for hydroxylation is 1. The van der Waals surface area contributed by atoms with Gasteiger partial charge in [-0.2, -0.15) is 5.10 Å². The molecule has 0 radical (unpaired) electrons. The van der Waals surface area contributed by atoms with Crippen molar-refractivity contribution in [1.82, 2.24) is 35.1 Å². The van der Waals surface area contributed by atoms with E-state index in [2.05, 4.69) is 54.5 Å². The number of nitrogens with zero attached hydrogens (tertiary/aromatic N) is 5. The van der Waals surface area contributed by atoms with Gasteiger partial charge in [-0.15, -0.1) is 11.3 Å². The average Bonchev–Trinajstić information content (AvgIpc) is 3.71. The van der Waals surface area contributed by atoms with Crippen LogP contribution in [0.5, 0.6) is 0 Å². The molecule has 9 nitrogen and oxygen atoms in total. The van der Waals surface area contributed by atoms with Gasteiger partial charge in [0.25, 0.3) is 5.91 Å². The maximum Gasteiger partial charge on any atom is 0.255 e. The van der Waals surface area contributed by atoms with E-state index in [1.54, 1.807) is 48.3 Å². The Labute approximate surface area is 226 Å². The molecule has 0 spiro atoms. The lowest BCUT2D eigenvalue weighted by Crippen LogP contribution is -2.11. The van der Waals surface area contributed by atoms with Gasteiger partial charge < -0.3 is 10.3 Å². The first-order valence-corrected chi connectivity index (χ1v) is 13.0. The van der Waals surface area contributed by atoms with Gasteiger partial charge in [-0.1, -0.05) is 18.2 Å². The number of carbonyl (C=O) groups is 1. The molecule has 0 unspecified atom stereocenters. The lowest BCUT2D eigenvalue weighted by Gasteiger charge is -2.07. The zero-order valence-electron chi connectivity index (χ0n) is 20.6. The molecule has 7 rings (SSSR count). The lowest BCUT2D eigenvalue weighted by molar-refractivity contribution is 0.102. The second-order valence-electron chi connectivity index (χ2n) is 9.03. The van der Waals surface area contributed by atoms with Crippen molar-refractivity contribution in [1.29, 1.82) is 0 Å². The van der Waals surface area contributed by atoms with Gasteiger partial charge in [0.05, 0.1) is 17.3 Å². The van der Waals surface area contributed by atoms with Gasteiger partial charge in [-0.3, -0.25) is 14.9 Å². The van der Waals surface area contributed by atoms with Gasteiger partial charge in [0.2, 0.25) is 0 Å². The van der Waals surface area contributed by atoms with E-state index in [1.807, 2.05) is 36.4 Å². The number of benzene rings is 1. The van der Waals surface area contributed by atoms with Crippen LogP contribution in [0.15, 0.2) is 85.5 Å². The van der Waals surface area contributed by atoms with Gasteiger partial charge in [-0.25, -0.2) is 15.0 Å². The van der Waals surface area contributed by atoms with Crippen LogP contribution >= 0.6 is 11.3 Å². The Balaban J connectivity index is 1.25. The van der Waals surface area contributed by atoms with Crippen LogP contribution in [-0.4, -0.2) is 41.0 Å². The summed E-state index contributed by atoms with van der Waals surface area (Å²) in [5, 5.41) is 11.2.